The molecule has 4 rings (SSSR count). The van der Waals surface area contributed by atoms with Crippen LogP contribution in [-0.2, 0) is 17.9 Å². The van der Waals surface area contributed by atoms with Gasteiger partial charge in [0.15, 0.2) is 0 Å². The van der Waals surface area contributed by atoms with E-state index in [0.29, 0.717) is 33.8 Å². The van der Waals surface area contributed by atoms with Gasteiger partial charge in [0.05, 0.1) is 10.0 Å². The number of hydrogen-bond donors (Lipinski definition) is 1. The second kappa shape index (κ2) is 11.5. The molecule has 37 heavy (non-hydrogen) atoms. The average Bonchev–Trinajstić information content (AvgIpc) is 3.24. The third-order valence-corrected chi connectivity index (χ3v) is 7.21. The number of ether oxygens (including phenoxy) is 1. The molecule has 0 aliphatic heterocycles. The van der Waals surface area contributed by atoms with Crippen LogP contribution in [0.25, 0.3) is 10.9 Å². The Balaban J connectivity index is 1.38. The van der Waals surface area contributed by atoms with Crippen molar-refractivity contribution in [3.8, 4) is 11.5 Å². The van der Waals surface area contributed by atoms with Crippen molar-refractivity contribution >= 4 is 67.7 Å². The highest BCUT2D eigenvalue weighted by molar-refractivity contribution is 9.10. The second-order valence-electron chi connectivity index (χ2n) is 8.72. The highest BCUT2D eigenvalue weighted by Gasteiger charge is 2.14. The Kier molecular flexibility index (Phi) is 8.32. The standard InChI is InChI=1S/C27H25BrCl2N4O3/c1-32(2)26(35)16-34-11-10-17-12-19(5-9-25(17)34)31-27(36)33(3)15-18-4-6-20(13-22(18)28)37-21-7-8-23(29)24(30)14-21/h4-14H,15-16H2,1-3H3,(H,31,36). The van der Waals surface area contributed by atoms with Gasteiger partial charge in [-0.15, -0.1) is 0 Å². The van der Waals surface area contributed by atoms with Gasteiger partial charge < -0.3 is 24.4 Å². The van der Waals surface area contributed by atoms with Crippen LogP contribution in [0.2, 0.25) is 10.0 Å². The molecule has 0 aliphatic rings. The van der Waals surface area contributed by atoms with Gasteiger partial charge in [0.1, 0.15) is 18.0 Å². The maximum absolute atomic E-state index is 12.9. The normalized spacial score (nSPS) is 10.9. The molecule has 0 saturated carbocycles. The molecule has 0 atom stereocenters. The highest BCUT2D eigenvalue weighted by Crippen LogP contribution is 2.32. The molecule has 0 saturated heterocycles. The van der Waals surface area contributed by atoms with Gasteiger partial charge in [-0.1, -0.05) is 45.2 Å². The molecule has 3 aromatic carbocycles. The SMILES string of the molecule is CN(C)C(=O)Cn1ccc2cc(NC(=O)N(C)Cc3ccc(Oc4ccc(Cl)c(Cl)c4)cc3Br)ccc21. The minimum absolute atomic E-state index is 0.0108. The molecular weight excluding hydrogens is 579 g/mol. The Morgan fingerprint density at radius 1 is 0.946 bits per heavy atom. The predicted octanol–water partition coefficient (Wildman–Crippen LogP) is 7.26. The molecule has 0 spiro atoms. The van der Waals surface area contributed by atoms with E-state index in [1.807, 2.05) is 53.2 Å². The number of urea groups is 1. The van der Waals surface area contributed by atoms with E-state index in [1.165, 1.54) is 0 Å². The number of rotatable bonds is 7. The van der Waals surface area contributed by atoms with E-state index in [1.54, 1.807) is 49.1 Å². The highest BCUT2D eigenvalue weighted by atomic mass is 79.9. The van der Waals surface area contributed by atoms with Gasteiger partial charge in [0.2, 0.25) is 5.91 Å². The van der Waals surface area contributed by atoms with E-state index in [0.717, 1.165) is 20.9 Å². The largest absolute Gasteiger partial charge is 0.457 e. The minimum Gasteiger partial charge on any atom is -0.457 e. The maximum atomic E-state index is 12.9. The molecule has 4 aromatic rings. The molecule has 1 heterocycles. The Hall–Kier alpha value is -3.20. The molecule has 0 radical (unpaired) electrons. The zero-order valence-corrected chi connectivity index (χ0v) is 23.6. The Morgan fingerprint density at radius 2 is 1.68 bits per heavy atom. The van der Waals surface area contributed by atoms with Crippen LogP contribution in [0.15, 0.2) is 71.3 Å². The van der Waals surface area contributed by atoms with E-state index in [9.17, 15) is 9.59 Å². The Labute approximate surface area is 233 Å². The van der Waals surface area contributed by atoms with Crippen molar-refractivity contribution in [3.63, 3.8) is 0 Å². The average molecular weight is 604 g/mol. The van der Waals surface area contributed by atoms with Gasteiger partial charge in [0.25, 0.3) is 0 Å². The smallest absolute Gasteiger partial charge is 0.321 e. The van der Waals surface area contributed by atoms with E-state index < -0.39 is 0 Å². The number of halogens is 3. The summed E-state index contributed by atoms with van der Waals surface area (Å²) in [5, 5.41) is 4.75. The fraction of sp³-hybridized carbons (Fsp3) is 0.185. The van der Waals surface area contributed by atoms with Crippen LogP contribution >= 0.6 is 39.1 Å². The summed E-state index contributed by atoms with van der Waals surface area (Å²) in [5.74, 6) is 1.20. The van der Waals surface area contributed by atoms with Crippen molar-refractivity contribution in [2.24, 2.45) is 0 Å². The summed E-state index contributed by atoms with van der Waals surface area (Å²) in [7, 11) is 5.19. The number of amides is 3. The zero-order chi connectivity index (χ0) is 26.7. The first-order valence-electron chi connectivity index (χ1n) is 11.3. The summed E-state index contributed by atoms with van der Waals surface area (Å²) in [4.78, 5) is 28.1. The van der Waals surface area contributed by atoms with E-state index in [4.69, 9.17) is 27.9 Å². The summed E-state index contributed by atoms with van der Waals surface area (Å²) in [6, 6.07) is 17.9. The summed E-state index contributed by atoms with van der Waals surface area (Å²) >= 11 is 15.6. The topological polar surface area (TPSA) is 66.8 Å². The second-order valence-corrected chi connectivity index (χ2v) is 10.4. The number of nitrogens with zero attached hydrogens (tertiary/aromatic N) is 3. The van der Waals surface area contributed by atoms with Crippen LogP contribution < -0.4 is 10.1 Å². The third-order valence-electron chi connectivity index (χ3n) is 5.73. The zero-order valence-electron chi connectivity index (χ0n) is 20.5. The number of carbonyl (C=O) groups excluding carboxylic acids is 2. The van der Waals surface area contributed by atoms with Gasteiger partial charge in [-0.3, -0.25) is 4.79 Å². The summed E-state index contributed by atoms with van der Waals surface area (Å²) in [6.07, 6.45) is 1.87. The van der Waals surface area contributed by atoms with Crippen molar-refractivity contribution in [1.82, 2.24) is 14.4 Å². The summed E-state index contributed by atoms with van der Waals surface area (Å²) < 4.78 is 8.56. The van der Waals surface area contributed by atoms with Crippen molar-refractivity contribution < 1.29 is 14.3 Å². The van der Waals surface area contributed by atoms with Gasteiger partial charge >= 0.3 is 6.03 Å². The molecule has 0 fully saturated rings. The van der Waals surface area contributed by atoms with Crippen LogP contribution in [0.1, 0.15) is 5.56 Å². The molecule has 1 N–H and O–H groups in total. The van der Waals surface area contributed by atoms with Crippen molar-refractivity contribution in [1.29, 1.82) is 0 Å². The van der Waals surface area contributed by atoms with Gasteiger partial charge in [-0.2, -0.15) is 0 Å². The van der Waals surface area contributed by atoms with E-state index >= 15 is 0 Å². The van der Waals surface area contributed by atoms with Gasteiger partial charge in [0, 0.05) is 61.0 Å². The first kappa shape index (κ1) is 26.9. The van der Waals surface area contributed by atoms with Crippen molar-refractivity contribution in [3.05, 3.63) is 86.9 Å². The number of aromatic nitrogens is 1. The lowest BCUT2D eigenvalue weighted by Gasteiger charge is -2.19. The molecule has 192 valence electrons. The number of hydrogen-bond acceptors (Lipinski definition) is 3. The van der Waals surface area contributed by atoms with Crippen molar-refractivity contribution in [2.45, 2.75) is 13.1 Å². The third kappa shape index (κ3) is 6.57. The van der Waals surface area contributed by atoms with Crippen molar-refractivity contribution in [2.75, 3.05) is 26.5 Å². The fourth-order valence-corrected chi connectivity index (χ4v) is 4.42. The molecule has 0 aliphatic carbocycles. The van der Waals surface area contributed by atoms with Gasteiger partial charge in [-0.25, -0.2) is 4.79 Å². The number of nitrogens with one attached hydrogen (secondary N) is 1. The van der Waals surface area contributed by atoms with Crippen LogP contribution in [-0.4, -0.2) is 47.4 Å². The first-order chi connectivity index (χ1) is 17.6. The molecular formula is C27H25BrCl2N4O3. The number of anilines is 1. The minimum atomic E-state index is -0.246. The predicted molar refractivity (Wildman–Crippen MR) is 152 cm³/mol. The number of benzene rings is 3. The molecule has 1 aromatic heterocycles. The molecule has 10 heteroatoms. The fourth-order valence-electron chi connectivity index (χ4n) is 3.65. The lowest BCUT2D eigenvalue weighted by molar-refractivity contribution is -0.129. The molecule has 0 bridgehead atoms. The van der Waals surface area contributed by atoms with E-state index in [-0.39, 0.29) is 18.5 Å². The summed E-state index contributed by atoms with van der Waals surface area (Å²) in [5.41, 5.74) is 2.51. The lowest BCUT2D eigenvalue weighted by Crippen LogP contribution is -2.30. The van der Waals surface area contributed by atoms with Crippen LogP contribution in [0.4, 0.5) is 10.5 Å². The molecule has 7 nitrogen and oxygen atoms in total. The number of fused-ring (bicyclic) bond motifs is 1. The van der Waals surface area contributed by atoms with Crippen LogP contribution in [0, 0.1) is 0 Å². The van der Waals surface area contributed by atoms with Crippen LogP contribution in [0.3, 0.4) is 0 Å². The van der Waals surface area contributed by atoms with Gasteiger partial charge in [-0.05, 0) is 54.1 Å². The summed E-state index contributed by atoms with van der Waals surface area (Å²) in [6.45, 7) is 0.641. The van der Waals surface area contributed by atoms with Crippen LogP contribution in [0.5, 0.6) is 11.5 Å². The lowest BCUT2D eigenvalue weighted by atomic mass is 10.2. The molecule has 3 amide bonds. The quantitative estimate of drug-likeness (QED) is 0.242. The Morgan fingerprint density at radius 3 is 2.38 bits per heavy atom. The monoisotopic (exact) mass is 602 g/mol. The Bertz CT molecular complexity index is 1470. The molecule has 0 unspecified atom stereocenters. The maximum Gasteiger partial charge on any atom is 0.321 e. The first-order valence-corrected chi connectivity index (χ1v) is 12.9. The number of carbonyl (C=O) groups is 2. The van der Waals surface area contributed by atoms with E-state index in [2.05, 4.69) is 21.2 Å². The number of likely N-dealkylation sites (N-methyl/N-ethyl adjacent to an activating group) is 1.